The zero-order valence-electron chi connectivity index (χ0n) is 16.2. The van der Waals surface area contributed by atoms with Crippen molar-refractivity contribution in [2.75, 3.05) is 0 Å². The molecule has 28 heavy (non-hydrogen) atoms. The highest BCUT2D eigenvalue weighted by atomic mass is 17.3. The number of carbonyl (C=O) groups excluding carboxylic acids is 1. The quantitative estimate of drug-likeness (QED) is 0.558. The first-order chi connectivity index (χ1) is 13.7. The maximum absolute atomic E-state index is 10.7. The molecular weight excluding hydrogens is 356 g/mol. The molecule has 2 atom stereocenters. The maximum Gasteiger partial charge on any atom is 0.298 e. The maximum atomic E-state index is 10.7. The van der Waals surface area contributed by atoms with Crippen molar-refractivity contribution in [3.8, 4) is 5.75 Å². The van der Waals surface area contributed by atoms with E-state index < -0.39 is 11.6 Å². The lowest BCUT2D eigenvalue weighted by atomic mass is 9.53. The monoisotopic (exact) mass is 384 g/mol. The van der Waals surface area contributed by atoms with E-state index >= 15 is 0 Å². The van der Waals surface area contributed by atoms with Crippen molar-refractivity contribution in [2.45, 2.75) is 75.3 Å². The topological polar surface area (TPSA) is 54.0 Å². The predicted molar refractivity (Wildman–Crippen MR) is 100 cm³/mol. The van der Waals surface area contributed by atoms with Crippen molar-refractivity contribution in [1.29, 1.82) is 0 Å². The minimum atomic E-state index is -0.625. The van der Waals surface area contributed by atoms with Gasteiger partial charge in [-0.1, -0.05) is 12.1 Å². The van der Waals surface area contributed by atoms with Gasteiger partial charge in [0.2, 0.25) is 11.6 Å². The van der Waals surface area contributed by atoms with Crippen LogP contribution in [-0.4, -0.2) is 18.0 Å². The Bertz CT molecular complexity index is 748. The Morgan fingerprint density at radius 3 is 2.57 bits per heavy atom. The summed E-state index contributed by atoms with van der Waals surface area (Å²) < 4.78 is 11.9. The van der Waals surface area contributed by atoms with Gasteiger partial charge in [0.1, 0.15) is 5.75 Å². The molecule has 4 bridgehead atoms. The fourth-order valence-electron chi connectivity index (χ4n) is 7.16. The number of benzene rings is 1. The van der Waals surface area contributed by atoms with Gasteiger partial charge in [-0.05, 0) is 80.4 Å². The fourth-order valence-corrected chi connectivity index (χ4v) is 7.16. The second kappa shape index (κ2) is 6.28. The molecule has 1 heterocycles. The first-order valence-corrected chi connectivity index (χ1v) is 11.0. The molecule has 7 rings (SSSR count). The highest BCUT2D eigenvalue weighted by molar-refractivity contribution is 5.46. The largest absolute Gasteiger partial charge is 0.429 e. The van der Waals surface area contributed by atoms with Crippen molar-refractivity contribution in [3.05, 3.63) is 29.8 Å². The Morgan fingerprint density at radius 1 is 1.04 bits per heavy atom. The summed E-state index contributed by atoms with van der Waals surface area (Å²) in [6.07, 6.45) is 10.2. The molecule has 1 aromatic carbocycles. The van der Waals surface area contributed by atoms with Gasteiger partial charge >= 0.3 is 0 Å². The van der Waals surface area contributed by atoms with Gasteiger partial charge in [0.25, 0.3) is 6.47 Å². The van der Waals surface area contributed by atoms with Gasteiger partial charge in [0.15, 0.2) is 0 Å². The van der Waals surface area contributed by atoms with E-state index in [9.17, 15) is 4.79 Å². The van der Waals surface area contributed by atoms with Gasteiger partial charge in [-0.25, -0.2) is 0 Å². The molecule has 0 amide bonds. The van der Waals surface area contributed by atoms with Crippen LogP contribution in [0.1, 0.15) is 69.3 Å². The van der Waals surface area contributed by atoms with Crippen molar-refractivity contribution < 1.29 is 24.0 Å². The van der Waals surface area contributed by atoms with Crippen LogP contribution in [0.5, 0.6) is 5.75 Å². The molecule has 1 aromatic rings. The summed E-state index contributed by atoms with van der Waals surface area (Å²) >= 11 is 0. The number of hydrogen-bond acceptors (Lipinski definition) is 5. The van der Waals surface area contributed by atoms with E-state index in [-0.39, 0.29) is 0 Å². The standard InChI is InChI=1S/C23H28O5/c24-14-25-21-5-1-3-17(12-21)18-4-2-6-22(13-18)26-23(28-27-22)19-8-15-7-16(10-19)11-20(23)9-15/h1,3,5,12,14-16,18-20H,2,4,6-11,13H2/t15?,16?,18-,19?,20?,22-,23?/m1/s1. The van der Waals surface area contributed by atoms with E-state index in [0.29, 0.717) is 30.0 Å². The highest BCUT2D eigenvalue weighted by Crippen LogP contribution is 2.64. The molecule has 0 unspecified atom stereocenters. The van der Waals surface area contributed by atoms with Crippen molar-refractivity contribution in [2.24, 2.45) is 23.7 Å². The minimum absolute atomic E-state index is 0.319. The molecule has 5 aliphatic carbocycles. The molecule has 0 radical (unpaired) electrons. The third kappa shape index (κ3) is 2.59. The fraction of sp³-hybridized carbons (Fsp3) is 0.696. The van der Waals surface area contributed by atoms with Gasteiger partial charge in [0, 0.05) is 24.7 Å². The third-order valence-electron chi connectivity index (χ3n) is 8.13. The SMILES string of the molecule is O=COc1cccc([C@@H]2CCC[C@]3(C2)OOC2(O3)C3CC4CC(C3)CC2C4)c1. The van der Waals surface area contributed by atoms with Crippen LogP contribution in [0.25, 0.3) is 0 Å². The second-order valence-corrected chi connectivity index (χ2v) is 9.79. The van der Waals surface area contributed by atoms with E-state index in [1.165, 1.54) is 37.7 Å². The van der Waals surface area contributed by atoms with Crippen LogP contribution >= 0.6 is 0 Å². The molecule has 1 aliphatic heterocycles. The molecule has 1 saturated heterocycles. The lowest BCUT2D eigenvalue weighted by Crippen LogP contribution is -2.59. The van der Waals surface area contributed by atoms with E-state index in [2.05, 4.69) is 6.07 Å². The average Bonchev–Trinajstić information content (AvgIpc) is 3.06. The zero-order valence-corrected chi connectivity index (χ0v) is 16.2. The summed E-state index contributed by atoms with van der Waals surface area (Å²) in [5.74, 6) is 2.51. The number of hydrogen-bond donors (Lipinski definition) is 0. The molecule has 0 aromatic heterocycles. The summed E-state index contributed by atoms with van der Waals surface area (Å²) in [5.41, 5.74) is 1.18. The summed E-state index contributed by atoms with van der Waals surface area (Å²) in [6.45, 7) is 0.481. The third-order valence-corrected chi connectivity index (χ3v) is 8.13. The summed E-state index contributed by atoms with van der Waals surface area (Å²) in [4.78, 5) is 22.9. The van der Waals surface area contributed by atoms with E-state index in [4.69, 9.17) is 19.2 Å². The Labute approximate surface area is 165 Å². The average molecular weight is 384 g/mol. The normalized spacial score (nSPS) is 46.4. The van der Waals surface area contributed by atoms with Crippen molar-refractivity contribution in [3.63, 3.8) is 0 Å². The summed E-state index contributed by atoms with van der Waals surface area (Å²) in [7, 11) is 0. The molecular formula is C23H28O5. The summed E-state index contributed by atoms with van der Waals surface area (Å²) in [5, 5.41) is 0. The molecule has 5 heteroatoms. The molecule has 150 valence electrons. The van der Waals surface area contributed by atoms with E-state index in [1.807, 2.05) is 18.2 Å². The van der Waals surface area contributed by atoms with Gasteiger partial charge < -0.3 is 9.47 Å². The lowest BCUT2D eigenvalue weighted by molar-refractivity contribution is -0.390. The molecule has 6 aliphatic rings. The van der Waals surface area contributed by atoms with Gasteiger partial charge in [-0.15, -0.1) is 0 Å². The van der Waals surface area contributed by atoms with Crippen LogP contribution in [-0.2, 0) is 19.3 Å². The molecule has 6 fully saturated rings. The predicted octanol–water partition coefficient (Wildman–Crippen LogP) is 4.71. The van der Waals surface area contributed by atoms with E-state index in [1.54, 1.807) is 0 Å². The number of rotatable bonds is 3. The Hall–Kier alpha value is -1.43. The highest BCUT2D eigenvalue weighted by Gasteiger charge is 2.67. The van der Waals surface area contributed by atoms with Crippen LogP contribution < -0.4 is 4.74 Å². The Morgan fingerprint density at radius 2 is 1.82 bits per heavy atom. The van der Waals surface area contributed by atoms with E-state index in [0.717, 1.165) is 37.5 Å². The van der Waals surface area contributed by atoms with Crippen LogP contribution in [0.3, 0.4) is 0 Å². The van der Waals surface area contributed by atoms with Crippen LogP contribution in [0, 0.1) is 23.7 Å². The van der Waals surface area contributed by atoms with Crippen LogP contribution in [0.4, 0.5) is 0 Å². The first kappa shape index (κ1) is 17.4. The zero-order chi connectivity index (χ0) is 18.8. The van der Waals surface area contributed by atoms with Crippen LogP contribution in [0.2, 0.25) is 0 Å². The van der Waals surface area contributed by atoms with Crippen molar-refractivity contribution >= 4 is 6.47 Å². The summed E-state index contributed by atoms with van der Waals surface area (Å²) in [6, 6.07) is 7.83. The van der Waals surface area contributed by atoms with Crippen LogP contribution in [0.15, 0.2) is 24.3 Å². The molecule has 0 N–H and O–H groups in total. The van der Waals surface area contributed by atoms with Crippen molar-refractivity contribution in [1.82, 2.24) is 0 Å². The minimum Gasteiger partial charge on any atom is -0.429 e. The smallest absolute Gasteiger partial charge is 0.298 e. The lowest BCUT2D eigenvalue weighted by Gasteiger charge is -2.57. The Kier molecular flexibility index (Phi) is 3.91. The Balaban J connectivity index is 1.24. The van der Waals surface area contributed by atoms with Gasteiger partial charge in [-0.3, -0.25) is 4.79 Å². The van der Waals surface area contributed by atoms with Gasteiger partial charge in [-0.2, -0.15) is 9.78 Å². The molecule has 2 spiro atoms. The second-order valence-electron chi connectivity index (χ2n) is 9.79. The molecule has 5 nitrogen and oxygen atoms in total. The number of ether oxygens (including phenoxy) is 2. The number of carbonyl (C=O) groups is 1. The van der Waals surface area contributed by atoms with Gasteiger partial charge in [0.05, 0.1) is 0 Å². The molecule has 5 saturated carbocycles. The first-order valence-electron chi connectivity index (χ1n) is 11.0.